The topological polar surface area (TPSA) is 67.2 Å². The molecule has 8 heteroatoms. The summed E-state index contributed by atoms with van der Waals surface area (Å²) in [6.45, 7) is 1.65. The van der Waals surface area contributed by atoms with Gasteiger partial charge in [-0.25, -0.2) is 4.98 Å². The number of rotatable bonds is 5. The molecule has 0 aliphatic heterocycles. The number of hydrogen-bond acceptors (Lipinski definition) is 3. The molecule has 1 aromatic carbocycles. The van der Waals surface area contributed by atoms with Gasteiger partial charge in [0, 0.05) is 19.4 Å². The fraction of sp³-hybridized carbons (Fsp3) is 0.375. The summed E-state index contributed by atoms with van der Waals surface area (Å²) in [5.41, 5.74) is -2.61. The molecule has 0 fully saturated rings. The molecule has 2 aromatic rings. The van der Waals surface area contributed by atoms with Gasteiger partial charge in [-0.15, -0.1) is 0 Å². The maximum absolute atomic E-state index is 13.4. The van der Waals surface area contributed by atoms with Gasteiger partial charge in [-0.05, 0) is 12.5 Å². The highest BCUT2D eigenvalue weighted by molar-refractivity contribution is 5.77. The van der Waals surface area contributed by atoms with Crippen LogP contribution in [0.25, 0.3) is 0 Å². The van der Waals surface area contributed by atoms with Crippen LogP contribution < -0.4 is 5.32 Å². The van der Waals surface area contributed by atoms with Crippen LogP contribution in [0.5, 0.6) is 0 Å². The van der Waals surface area contributed by atoms with Crippen LogP contribution in [0, 0.1) is 0 Å². The quantitative estimate of drug-likeness (QED) is 0.878. The van der Waals surface area contributed by atoms with Crippen LogP contribution >= 0.6 is 0 Å². The Morgan fingerprint density at radius 1 is 1.33 bits per heavy atom. The van der Waals surface area contributed by atoms with Crippen molar-refractivity contribution in [3.05, 3.63) is 54.1 Å². The van der Waals surface area contributed by atoms with Crippen molar-refractivity contribution in [2.75, 3.05) is 0 Å². The molecule has 130 valence electrons. The van der Waals surface area contributed by atoms with E-state index < -0.39 is 36.0 Å². The monoisotopic (exact) mass is 341 g/mol. The first kappa shape index (κ1) is 18.0. The minimum atomic E-state index is -5.04. The third-order valence-electron chi connectivity index (χ3n) is 3.75. The Morgan fingerprint density at radius 2 is 1.96 bits per heavy atom. The Bertz CT molecular complexity index is 700. The zero-order valence-electron chi connectivity index (χ0n) is 13.2. The molecule has 0 saturated heterocycles. The van der Waals surface area contributed by atoms with E-state index in [1.165, 1.54) is 13.2 Å². The van der Waals surface area contributed by atoms with Gasteiger partial charge in [0.2, 0.25) is 11.5 Å². The molecule has 0 spiro atoms. The van der Waals surface area contributed by atoms with Gasteiger partial charge >= 0.3 is 6.18 Å². The molecule has 2 atom stereocenters. The van der Waals surface area contributed by atoms with Gasteiger partial charge in [-0.2, -0.15) is 13.2 Å². The van der Waals surface area contributed by atoms with E-state index in [-0.39, 0.29) is 0 Å². The molecule has 24 heavy (non-hydrogen) atoms. The van der Waals surface area contributed by atoms with Gasteiger partial charge in [-0.1, -0.05) is 30.3 Å². The molecule has 1 heterocycles. The van der Waals surface area contributed by atoms with E-state index in [0.29, 0.717) is 0 Å². The molecule has 0 aliphatic carbocycles. The average Bonchev–Trinajstić information content (AvgIpc) is 2.93. The Kier molecular flexibility index (Phi) is 4.98. The summed E-state index contributed by atoms with van der Waals surface area (Å²) in [5, 5.41) is 12.6. The van der Waals surface area contributed by atoms with Gasteiger partial charge in [-0.3, -0.25) is 4.79 Å². The highest BCUT2D eigenvalue weighted by Gasteiger charge is 2.58. The molecule has 1 amide bonds. The van der Waals surface area contributed by atoms with E-state index in [4.69, 9.17) is 0 Å². The van der Waals surface area contributed by atoms with Crippen LogP contribution in [0.15, 0.2) is 42.7 Å². The third-order valence-corrected chi connectivity index (χ3v) is 3.75. The maximum atomic E-state index is 13.4. The molecule has 0 unspecified atom stereocenters. The van der Waals surface area contributed by atoms with Crippen molar-refractivity contribution in [2.45, 2.75) is 31.2 Å². The first-order valence-electron chi connectivity index (χ1n) is 7.26. The SMILES string of the molecule is C[C@@H](NC(=O)C[C@](O)(c1nccn1C)C(F)(F)F)c1ccccc1. The Balaban J connectivity index is 2.19. The zero-order chi connectivity index (χ0) is 18.0. The van der Waals surface area contributed by atoms with Crippen molar-refractivity contribution in [3.8, 4) is 0 Å². The number of nitrogens with one attached hydrogen (secondary N) is 1. The summed E-state index contributed by atoms with van der Waals surface area (Å²) >= 11 is 0. The first-order chi connectivity index (χ1) is 11.1. The molecule has 5 nitrogen and oxygen atoms in total. The van der Waals surface area contributed by atoms with E-state index in [9.17, 15) is 23.1 Å². The number of alkyl halides is 3. The summed E-state index contributed by atoms with van der Waals surface area (Å²) < 4.78 is 41.2. The Morgan fingerprint density at radius 3 is 2.46 bits per heavy atom. The van der Waals surface area contributed by atoms with Gasteiger partial charge in [0.15, 0.2) is 5.82 Å². The lowest BCUT2D eigenvalue weighted by atomic mass is 9.96. The lowest BCUT2D eigenvalue weighted by molar-refractivity contribution is -0.271. The highest BCUT2D eigenvalue weighted by atomic mass is 19.4. The predicted molar refractivity (Wildman–Crippen MR) is 80.8 cm³/mol. The fourth-order valence-electron chi connectivity index (χ4n) is 2.42. The summed E-state index contributed by atoms with van der Waals surface area (Å²) in [6.07, 6.45) is -3.80. The summed E-state index contributed by atoms with van der Waals surface area (Å²) in [7, 11) is 1.32. The molecule has 0 aliphatic rings. The third kappa shape index (κ3) is 3.59. The van der Waals surface area contributed by atoms with Crippen LogP contribution in [-0.4, -0.2) is 26.7 Å². The smallest absolute Gasteiger partial charge is 0.374 e. The largest absolute Gasteiger partial charge is 0.425 e. The molecular formula is C16H18F3N3O2. The highest BCUT2D eigenvalue weighted by Crippen LogP contribution is 2.40. The number of nitrogens with zero attached hydrogens (tertiary/aromatic N) is 2. The summed E-state index contributed by atoms with van der Waals surface area (Å²) in [5.74, 6) is -1.55. The van der Waals surface area contributed by atoms with Gasteiger partial charge in [0.25, 0.3) is 0 Å². The van der Waals surface area contributed by atoms with Crippen molar-refractivity contribution in [1.29, 1.82) is 0 Å². The average molecular weight is 341 g/mol. The predicted octanol–water partition coefficient (Wildman–Crippen LogP) is 2.44. The van der Waals surface area contributed by atoms with Crippen LogP contribution in [-0.2, 0) is 17.4 Å². The molecular weight excluding hydrogens is 323 g/mol. The number of aliphatic hydroxyl groups is 1. The summed E-state index contributed by atoms with van der Waals surface area (Å²) in [4.78, 5) is 15.6. The second kappa shape index (κ2) is 6.64. The number of carbonyl (C=O) groups excluding carboxylic acids is 1. The van der Waals surface area contributed by atoms with Crippen LogP contribution in [0.2, 0.25) is 0 Å². The number of amides is 1. The minimum absolute atomic E-state index is 0.488. The molecule has 0 radical (unpaired) electrons. The lowest BCUT2D eigenvalue weighted by Crippen LogP contribution is -2.48. The Hall–Kier alpha value is -2.35. The molecule has 0 bridgehead atoms. The fourth-order valence-corrected chi connectivity index (χ4v) is 2.42. The number of aromatic nitrogens is 2. The molecule has 0 saturated carbocycles. The van der Waals surface area contributed by atoms with Crippen molar-refractivity contribution in [1.82, 2.24) is 14.9 Å². The van der Waals surface area contributed by atoms with Crippen LogP contribution in [0.1, 0.15) is 30.8 Å². The minimum Gasteiger partial charge on any atom is -0.374 e. The van der Waals surface area contributed by atoms with E-state index in [2.05, 4.69) is 10.3 Å². The Labute approximate surface area is 137 Å². The first-order valence-corrected chi connectivity index (χ1v) is 7.26. The van der Waals surface area contributed by atoms with E-state index in [0.717, 1.165) is 16.3 Å². The number of hydrogen-bond donors (Lipinski definition) is 2. The van der Waals surface area contributed by atoms with Crippen LogP contribution in [0.4, 0.5) is 13.2 Å². The van der Waals surface area contributed by atoms with Crippen molar-refractivity contribution in [3.63, 3.8) is 0 Å². The number of aryl methyl sites for hydroxylation is 1. The van der Waals surface area contributed by atoms with Gasteiger partial charge in [0.1, 0.15) is 0 Å². The zero-order valence-corrected chi connectivity index (χ0v) is 13.2. The number of carbonyl (C=O) groups is 1. The molecule has 2 N–H and O–H groups in total. The standard InChI is InChI=1S/C16H18F3N3O2/c1-11(12-6-4-3-5-7-12)21-13(23)10-15(24,16(17,18)19)14-20-8-9-22(14)2/h3-9,11,24H,10H2,1-2H3,(H,21,23)/t11-,15+/m1/s1. The lowest BCUT2D eigenvalue weighted by Gasteiger charge is -2.29. The van der Waals surface area contributed by atoms with Gasteiger partial charge < -0.3 is 15.0 Å². The number of benzene rings is 1. The van der Waals surface area contributed by atoms with Gasteiger partial charge in [0.05, 0.1) is 12.5 Å². The second-order valence-corrected chi connectivity index (χ2v) is 5.60. The normalized spacial score (nSPS) is 15.6. The van der Waals surface area contributed by atoms with E-state index in [1.54, 1.807) is 37.3 Å². The molecule has 2 rings (SSSR count). The van der Waals surface area contributed by atoms with Crippen LogP contribution in [0.3, 0.4) is 0 Å². The van der Waals surface area contributed by atoms with E-state index in [1.807, 2.05) is 0 Å². The van der Waals surface area contributed by atoms with E-state index >= 15 is 0 Å². The number of imidazole rings is 1. The van der Waals surface area contributed by atoms with Crippen molar-refractivity contribution >= 4 is 5.91 Å². The van der Waals surface area contributed by atoms with Crippen molar-refractivity contribution in [2.24, 2.45) is 7.05 Å². The maximum Gasteiger partial charge on any atom is 0.425 e. The second-order valence-electron chi connectivity index (χ2n) is 5.60. The van der Waals surface area contributed by atoms with Crippen molar-refractivity contribution < 1.29 is 23.1 Å². The number of halogens is 3. The molecule has 1 aromatic heterocycles. The summed E-state index contributed by atoms with van der Waals surface area (Å²) in [6, 6.07) is 8.33.